The second-order valence-electron chi connectivity index (χ2n) is 40.6. The van der Waals surface area contributed by atoms with Gasteiger partial charge in [-0.05, 0) is 266 Å². The number of carbonyl (C=O) groups is 9. The Bertz CT molecular complexity index is 5420. The molecule has 5 saturated heterocycles. The highest BCUT2D eigenvalue weighted by molar-refractivity contribution is 9.08. The van der Waals surface area contributed by atoms with E-state index in [4.69, 9.17) is 24.1 Å². The van der Waals surface area contributed by atoms with Crippen molar-refractivity contribution in [1.82, 2.24) is 34.7 Å². The zero-order chi connectivity index (χ0) is 101. The second-order valence-corrected chi connectivity index (χ2v) is 41.2. The summed E-state index contributed by atoms with van der Waals surface area (Å²) in [4.78, 5) is 118. The van der Waals surface area contributed by atoms with E-state index in [0.717, 1.165) is 182 Å². The molecule has 4 aliphatic carbocycles. The van der Waals surface area contributed by atoms with E-state index in [1.807, 2.05) is 148 Å². The van der Waals surface area contributed by atoms with Gasteiger partial charge in [-0.25, -0.2) is 33.6 Å². The van der Waals surface area contributed by atoms with E-state index in [-0.39, 0.29) is 75.1 Å². The topological polar surface area (TPSA) is 261 Å². The van der Waals surface area contributed by atoms with Crippen molar-refractivity contribution in [3.05, 3.63) is 321 Å². The summed E-state index contributed by atoms with van der Waals surface area (Å²) in [5.74, 6) is 3.85. The number of ether oxygens (including phenoxy) is 6. The van der Waals surface area contributed by atoms with E-state index in [1.165, 1.54) is 107 Å². The Kier molecular flexibility index (Phi) is 44.5. The Labute approximate surface area is 858 Å². The number of Topliss-reactive ketones (excluding diaryl/α,β-unsaturated/α-hetero) is 2. The highest BCUT2D eigenvalue weighted by Gasteiger charge is 2.51. The number of benzene rings is 9. The van der Waals surface area contributed by atoms with Crippen molar-refractivity contribution in [2.45, 2.75) is 250 Å². The van der Waals surface area contributed by atoms with Crippen molar-refractivity contribution < 1.29 is 76.7 Å². The number of halogens is 1. The number of carbonyl (C=O) groups excluding carboxylic acids is 8. The van der Waals surface area contributed by atoms with Gasteiger partial charge in [0, 0.05) is 146 Å². The molecule has 0 spiro atoms. The SMILES string of the molecule is C.C.CC(C)(C)OC(=O)N(C1CCN(Cc2ccc(C(=O)O)cc2)CC1)[C@@H]1CC1c1ccccc1.COC(=O)c1ccc(CBr)cc1.COC(=O)c1ccc(CN2CCC(=O)CC2)cc1.COC(=O)c1ccc(CN2CCC(C[C@@H]3CC3c3ccccc3)CC2)cc1.COC(=O)c1ccc(CN2CCC(N(C(=O)OC(C)(C)C)[C@@H]3CC3c3ccccc3)CC2)cc1.C[C@@H]1CC1c1ccccc1.O=C1CCNCC1. The van der Waals surface area contributed by atoms with Crippen molar-refractivity contribution >= 4 is 69.5 Å². The van der Waals surface area contributed by atoms with E-state index in [2.05, 4.69) is 166 Å². The molecule has 4 unspecified atom stereocenters. The van der Waals surface area contributed by atoms with Crippen LogP contribution in [-0.4, -0.2) is 217 Å². The molecule has 768 valence electrons. The fourth-order valence-corrected chi connectivity index (χ4v) is 19.7. The summed E-state index contributed by atoms with van der Waals surface area (Å²) < 4.78 is 30.4. The Morgan fingerprint density at radius 1 is 0.364 bits per heavy atom. The van der Waals surface area contributed by atoms with Gasteiger partial charge in [-0.15, -0.1) is 0 Å². The van der Waals surface area contributed by atoms with Crippen molar-refractivity contribution in [1.29, 1.82) is 0 Å². The molecule has 24 heteroatoms. The monoisotopic (exact) mass is 2020 g/mol. The summed E-state index contributed by atoms with van der Waals surface area (Å²) in [7, 11) is 5.57. The number of amides is 2. The molecule has 23 nitrogen and oxygen atoms in total. The van der Waals surface area contributed by atoms with Gasteiger partial charge in [0.05, 0.1) is 56.3 Å². The minimum absolute atomic E-state index is 0. The first kappa shape index (κ1) is 113. The van der Waals surface area contributed by atoms with E-state index < -0.39 is 17.2 Å². The Morgan fingerprint density at radius 3 is 0.923 bits per heavy atom. The number of alkyl halides is 1. The zero-order valence-electron chi connectivity index (χ0n) is 84.3. The number of carboxylic acids is 1. The van der Waals surface area contributed by atoms with Crippen LogP contribution in [0.1, 0.15) is 285 Å². The fourth-order valence-electron chi connectivity index (χ4n) is 19.3. The number of likely N-dealkylation sites (tertiary alicyclic amines) is 4. The van der Waals surface area contributed by atoms with Crippen LogP contribution in [0, 0.1) is 17.8 Å². The highest BCUT2D eigenvalue weighted by Crippen LogP contribution is 2.53. The first-order chi connectivity index (χ1) is 67.9. The molecular weight excluding hydrogens is 1860 g/mol. The summed E-state index contributed by atoms with van der Waals surface area (Å²) in [6.07, 6.45) is 14.9. The molecule has 5 heterocycles. The largest absolute Gasteiger partial charge is 0.478 e. The van der Waals surface area contributed by atoms with Crippen molar-refractivity contribution in [2.75, 3.05) is 93.9 Å². The maximum absolute atomic E-state index is 13.3. The van der Waals surface area contributed by atoms with Gasteiger partial charge >= 0.3 is 42.0 Å². The molecule has 2 amide bonds. The van der Waals surface area contributed by atoms with Crippen LogP contribution < -0.4 is 5.32 Å². The summed E-state index contributed by atoms with van der Waals surface area (Å²) >= 11 is 3.32. The predicted molar refractivity (Wildman–Crippen MR) is 568 cm³/mol. The smallest absolute Gasteiger partial charge is 0.410 e. The first-order valence-electron chi connectivity index (χ1n) is 50.4. The number of hydrogen-bond acceptors (Lipinski definition) is 20. The number of hydrogen-bond donors (Lipinski definition) is 2. The number of methoxy groups -OCH3 is 4. The number of nitrogens with zero attached hydrogens (tertiary/aromatic N) is 6. The van der Waals surface area contributed by atoms with Crippen LogP contribution in [0.15, 0.2) is 243 Å². The van der Waals surface area contributed by atoms with Crippen LogP contribution in [0.3, 0.4) is 0 Å². The number of rotatable bonds is 24. The van der Waals surface area contributed by atoms with E-state index in [1.54, 1.807) is 36.4 Å². The lowest BCUT2D eigenvalue weighted by Gasteiger charge is -2.39. The Balaban J connectivity index is 0.000000180. The van der Waals surface area contributed by atoms with Crippen LogP contribution in [0.4, 0.5) is 9.59 Å². The van der Waals surface area contributed by atoms with E-state index >= 15 is 0 Å². The fraction of sp³-hybridized carbons (Fsp3) is 0.471. The number of carboxylic acid groups (broad SMARTS) is 1. The molecule has 8 atom stereocenters. The number of aromatic carboxylic acids is 1. The molecule has 0 aromatic heterocycles. The van der Waals surface area contributed by atoms with Crippen LogP contribution in [-0.2, 0) is 69.5 Å². The molecule has 9 aliphatic rings. The average molecular weight is 2020 g/mol. The minimum Gasteiger partial charge on any atom is -0.478 e. The lowest BCUT2D eigenvalue weighted by molar-refractivity contribution is -0.121. The number of esters is 4. The van der Waals surface area contributed by atoms with E-state index in [9.17, 15) is 43.2 Å². The number of piperidine rings is 5. The third-order valence-corrected chi connectivity index (χ3v) is 28.3. The average Bonchev–Trinajstić information content (AvgIpc) is 1.65. The van der Waals surface area contributed by atoms with Gasteiger partial charge in [0.2, 0.25) is 0 Å². The van der Waals surface area contributed by atoms with Gasteiger partial charge < -0.3 is 48.6 Å². The van der Waals surface area contributed by atoms with Crippen LogP contribution in [0.25, 0.3) is 0 Å². The normalized spacial score (nSPS) is 20.4. The standard InChI is InChI=1S/C28H36N2O4.C27H34N2O4.C24H29NO2.C14H17NO3.C10H12.C9H9BrO2.C5H9NO.2CH4/c1-28(2,3)34-27(32)30(25-18-24(25)21-8-6-5-7-9-21)23-14-16-29(17-15-23)19-20-10-12-22(13-11-20)26(31)33-4;1-27(2,3)33-26(32)29(24-17-23(24)20-7-5-4-6-8-20)22-13-15-28(16-14-22)18-19-9-11-21(12-10-19)25(30)31;1-27-24(26)21-9-7-19(8-10-21)17-25-13-11-18(12-14-25)15-22-16-23(22)20-5-3-2-4-6-20;1-18-14(17)12-4-2-11(3-5-12)10-15-8-6-13(16)7-9-15;1-8-7-10(8)9-5-3-2-4-6-9;1-12-9(11)8-4-2-7(6-10)3-5-8;7-5-1-3-6-4-2-5;;/h5-13,23-25H,14-19H2,1-4H3;4-12,22-24H,13-18H2,1-3H3,(H,30,31);2-10,18,22-23H,11-17H2,1H3;2-5H,6-10H2,1H3;2-6,8,10H,7H2,1H3;2-5H,6H2,1H3;6H,1-4H2;2*1H4/t24?,25-;23?,24-;22-,23?;;8-,10?;;;;/m111.1..../s1. The maximum atomic E-state index is 13.3. The summed E-state index contributed by atoms with van der Waals surface area (Å²) in [6, 6.07) is 80.7. The highest BCUT2D eigenvalue weighted by atomic mass is 79.9. The number of ketones is 2. The molecule has 4 saturated carbocycles. The van der Waals surface area contributed by atoms with Gasteiger partial charge in [0.25, 0.3) is 0 Å². The van der Waals surface area contributed by atoms with Crippen molar-refractivity contribution in [3.8, 4) is 0 Å². The van der Waals surface area contributed by atoms with Gasteiger partial charge in [0.1, 0.15) is 22.8 Å². The molecule has 0 bridgehead atoms. The molecule has 5 aliphatic heterocycles. The van der Waals surface area contributed by atoms with Gasteiger partial charge in [0.15, 0.2) is 0 Å². The molecular formula is C119H154BrN7O16. The van der Waals surface area contributed by atoms with Crippen molar-refractivity contribution in [3.63, 3.8) is 0 Å². The first-order valence-corrected chi connectivity index (χ1v) is 51.5. The molecule has 18 rings (SSSR count). The summed E-state index contributed by atoms with van der Waals surface area (Å²) in [6.45, 7) is 26.7. The Hall–Kier alpha value is -11.5. The van der Waals surface area contributed by atoms with Gasteiger partial charge in [-0.3, -0.25) is 29.2 Å². The third-order valence-electron chi connectivity index (χ3n) is 27.7. The van der Waals surface area contributed by atoms with Crippen LogP contribution in [0.2, 0.25) is 0 Å². The van der Waals surface area contributed by atoms with Crippen LogP contribution >= 0.6 is 15.9 Å². The second kappa shape index (κ2) is 56.1. The number of nitrogens with one attached hydrogen (secondary N) is 1. The summed E-state index contributed by atoms with van der Waals surface area (Å²) in [5.41, 5.74) is 13.1. The minimum atomic E-state index is -0.904. The van der Waals surface area contributed by atoms with E-state index in [0.29, 0.717) is 64.1 Å². The molecule has 9 aromatic carbocycles. The molecule has 9 aromatic rings. The van der Waals surface area contributed by atoms with Crippen molar-refractivity contribution in [2.24, 2.45) is 17.8 Å². The zero-order valence-corrected chi connectivity index (χ0v) is 85.9. The third kappa shape index (κ3) is 36.6. The molecule has 143 heavy (non-hydrogen) atoms. The predicted octanol–water partition coefficient (Wildman–Crippen LogP) is 23.3. The van der Waals surface area contributed by atoms with Crippen LogP contribution in [0.5, 0.6) is 0 Å². The summed E-state index contributed by atoms with van der Waals surface area (Å²) in [5, 5.41) is 13.0. The maximum Gasteiger partial charge on any atom is 0.410 e. The molecule has 9 fully saturated rings. The molecule has 2 N–H and O–H groups in total. The quantitative estimate of drug-likeness (QED) is 0.0323. The Morgan fingerprint density at radius 2 is 0.643 bits per heavy atom. The lowest BCUT2D eigenvalue weighted by Crippen LogP contribution is -2.50. The van der Waals surface area contributed by atoms with Gasteiger partial charge in [-0.1, -0.05) is 220 Å². The van der Waals surface area contributed by atoms with Gasteiger partial charge in [-0.2, -0.15) is 0 Å². The molecule has 0 radical (unpaired) electrons. The lowest BCUT2D eigenvalue weighted by atomic mass is 9.90.